The molecule has 0 saturated carbocycles. The largest absolute Gasteiger partial charge is 0.496 e. The fourth-order valence-corrected chi connectivity index (χ4v) is 5.52. The van der Waals surface area contributed by atoms with Gasteiger partial charge >= 0.3 is 0 Å². The molecule has 6 nitrogen and oxygen atoms in total. The first-order chi connectivity index (χ1) is 11.4. The van der Waals surface area contributed by atoms with E-state index in [2.05, 4.69) is 22.8 Å². The number of aliphatic hydroxyl groups excluding tert-OH is 1. The molecule has 2 aliphatic rings. The summed E-state index contributed by atoms with van der Waals surface area (Å²) in [7, 11) is -1.40. The van der Waals surface area contributed by atoms with Crippen molar-refractivity contribution in [3.63, 3.8) is 0 Å². The van der Waals surface area contributed by atoms with Gasteiger partial charge < -0.3 is 9.84 Å². The van der Waals surface area contributed by atoms with E-state index in [4.69, 9.17) is 4.74 Å². The Morgan fingerprint density at radius 2 is 1.92 bits per heavy atom. The number of piperazine rings is 1. The van der Waals surface area contributed by atoms with Crippen molar-refractivity contribution >= 4 is 9.84 Å². The number of hydrogen-bond donors (Lipinski definition) is 1. The van der Waals surface area contributed by atoms with Crippen LogP contribution in [0.15, 0.2) is 18.2 Å². The smallest absolute Gasteiger partial charge is 0.154 e. The summed E-state index contributed by atoms with van der Waals surface area (Å²) in [5.74, 6) is 0.887. The van der Waals surface area contributed by atoms with Crippen molar-refractivity contribution in [2.75, 3.05) is 44.8 Å². The molecule has 0 aliphatic carbocycles. The topological polar surface area (TPSA) is 70.1 Å². The average Bonchev–Trinajstić information content (AvgIpc) is 2.81. The molecule has 2 heterocycles. The van der Waals surface area contributed by atoms with E-state index in [1.807, 2.05) is 12.1 Å². The zero-order valence-corrected chi connectivity index (χ0v) is 15.1. The van der Waals surface area contributed by atoms with Crippen molar-refractivity contribution in [3.05, 3.63) is 29.3 Å². The predicted octanol–water partition coefficient (Wildman–Crippen LogP) is 0.279. The van der Waals surface area contributed by atoms with Gasteiger partial charge in [0.2, 0.25) is 0 Å². The molecule has 2 unspecified atom stereocenters. The molecule has 0 amide bonds. The lowest BCUT2D eigenvalue weighted by Crippen LogP contribution is -2.53. The van der Waals surface area contributed by atoms with Crippen LogP contribution < -0.4 is 4.74 Å². The summed E-state index contributed by atoms with van der Waals surface area (Å²) in [5.41, 5.74) is 2.39. The molecule has 0 radical (unpaired) electrons. The third-order valence-corrected chi connectivity index (χ3v) is 6.70. The summed E-state index contributed by atoms with van der Waals surface area (Å²) < 4.78 is 28.8. The fourth-order valence-electron chi connectivity index (χ4n) is 3.68. The summed E-state index contributed by atoms with van der Waals surface area (Å²) in [6, 6.07) is 5.95. The van der Waals surface area contributed by atoms with Crippen molar-refractivity contribution < 1.29 is 18.3 Å². The molecule has 2 atom stereocenters. The normalized spacial score (nSPS) is 28.1. The van der Waals surface area contributed by atoms with Gasteiger partial charge in [0.15, 0.2) is 9.84 Å². The fraction of sp³-hybridized carbons (Fsp3) is 0.647. The molecule has 2 aliphatic heterocycles. The molecule has 0 aromatic heterocycles. The lowest BCUT2D eigenvalue weighted by atomic mass is 10.1. The van der Waals surface area contributed by atoms with Gasteiger partial charge in [-0.05, 0) is 13.0 Å². The summed E-state index contributed by atoms with van der Waals surface area (Å²) in [5, 5.41) is 10.0. The van der Waals surface area contributed by atoms with E-state index in [1.165, 1.54) is 11.1 Å². The highest BCUT2D eigenvalue weighted by Crippen LogP contribution is 2.24. The molecule has 2 saturated heterocycles. The van der Waals surface area contributed by atoms with Crippen LogP contribution in [0.5, 0.6) is 5.75 Å². The molecular weight excluding hydrogens is 328 g/mol. The number of hydrogen-bond acceptors (Lipinski definition) is 6. The number of benzene rings is 1. The highest BCUT2D eigenvalue weighted by molar-refractivity contribution is 7.91. The van der Waals surface area contributed by atoms with Gasteiger partial charge in [-0.25, -0.2) is 8.42 Å². The van der Waals surface area contributed by atoms with Crippen LogP contribution in [-0.2, 0) is 16.4 Å². The molecule has 2 fully saturated rings. The summed E-state index contributed by atoms with van der Waals surface area (Å²) >= 11 is 0. The Morgan fingerprint density at radius 3 is 2.50 bits per heavy atom. The van der Waals surface area contributed by atoms with Crippen LogP contribution in [0.25, 0.3) is 0 Å². The third kappa shape index (κ3) is 3.91. The zero-order valence-electron chi connectivity index (χ0n) is 14.3. The second-order valence-corrected chi connectivity index (χ2v) is 8.99. The van der Waals surface area contributed by atoms with Crippen molar-refractivity contribution in [2.24, 2.45) is 0 Å². The minimum atomic E-state index is -3.09. The SMILES string of the molecule is COc1ccc(C)cc1CN1CCN(C2CS(=O)(=O)CC2O)CC1. The van der Waals surface area contributed by atoms with E-state index in [0.717, 1.165) is 38.5 Å². The second kappa shape index (κ2) is 7.00. The molecule has 1 aromatic carbocycles. The number of methoxy groups -OCH3 is 1. The maximum atomic E-state index is 11.7. The molecule has 1 aromatic rings. The first kappa shape index (κ1) is 17.7. The van der Waals surface area contributed by atoms with Crippen LogP contribution in [0.3, 0.4) is 0 Å². The highest BCUT2D eigenvalue weighted by Gasteiger charge is 2.40. The molecule has 3 rings (SSSR count). The molecule has 0 spiro atoms. The highest BCUT2D eigenvalue weighted by atomic mass is 32.2. The summed E-state index contributed by atoms with van der Waals surface area (Å²) in [6.45, 7) is 6.19. The molecule has 24 heavy (non-hydrogen) atoms. The molecule has 1 N–H and O–H groups in total. The number of ether oxygens (including phenoxy) is 1. The Bertz CT molecular complexity index is 684. The number of nitrogens with zero attached hydrogens (tertiary/aromatic N) is 2. The Hall–Kier alpha value is -1.15. The number of aliphatic hydroxyl groups is 1. The van der Waals surface area contributed by atoms with Crippen LogP contribution in [0, 0.1) is 6.92 Å². The Labute approximate surface area is 143 Å². The standard InChI is InChI=1S/C17H26N2O4S/c1-13-3-4-17(23-2)14(9-13)10-18-5-7-19(8-6-18)15-11-24(21,22)12-16(15)20/h3-4,9,15-16,20H,5-8,10-12H2,1-2H3. The van der Waals surface area contributed by atoms with Gasteiger partial charge in [0, 0.05) is 38.3 Å². The van der Waals surface area contributed by atoms with Crippen LogP contribution in [-0.4, -0.2) is 80.3 Å². The van der Waals surface area contributed by atoms with Gasteiger partial charge in [-0.3, -0.25) is 9.80 Å². The monoisotopic (exact) mass is 354 g/mol. The average molecular weight is 354 g/mol. The van der Waals surface area contributed by atoms with Gasteiger partial charge in [-0.1, -0.05) is 17.7 Å². The number of sulfone groups is 1. The Kier molecular flexibility index (Phi) is 5.15. The van der Waals surface area contributed by atoms with Gasteiger partial charge in [0.25, 0.3) is 0 Å². The molecule has 134 valence electrons. The molecular formula is C17H26N2O4S. The lowest BCUT2D eigenvalue weighted by Gasteiger charge is -2.38. The van der Waals surface area contributed by atoms with E-state index in [9.17, 15) is 13.5 Å². The lowest BCUT2D eigenvalue weighted by molar-refractivity contribution is 0.0422. The van der Waals surface area contributed by atoms with E-state index in [1.54, 1.807) is 7.11 Å². The van der Waals surface area contributed by atoms with E-state index < -0.39 is 15.9 Å². The van der Waals surface area contributed by atoms with Crippen molar-refractivity contribution in [1.29, 1.82) is 0 Å². The van der Waals surface area contributed by atoms with Crippen molar-refractivity contribution in [1.82, 2.24) is 9.80 Å². The van der Waals surface area contributed by atoms with Gasteiger partial charge in [0.1, 0.15) is 5.75 Å². The van der Waals surface area contributed by atoms with Gasteiger partial charge in [-0.15, -0.1) is 0 Å². The summed E-state index contributed by atoms with van der Waals surface area (Å²) in [4.78, 5) is 4.48. The first-order valence-electron chi connectivity index (χ1n) is 8.36. The van der Waals surface area contributed by atoms with Crippen LogP contribution in [0.4, 0.5) is 0 Å². The van der Waals surface area contributed by atoms with E-state index in [0.29, 0.717) is 0 Å². The Morgan fingerprint density at radius 1 is 1.21 bits per heavy atom. The van der Waals surface area contributed by atoms with Gasteiger partial charge in [0.05, 0.1) is 30.8 Å². The minimum Gasteiger partial charge on any atom is -0.496 e. The van der Waals surface area contributed by atoms with Crippen LogP contribution >= 0.6 is 0 Å². The van der Waals surface area contributed by atoms with E-state index >= 15 is 0 Å². The van der Waals surface area contributed by atoms with Crippen molar-refractivity contribution in [3.8, 4) is 5.75 Å². The predicted molar refractivity (Wildman–Crippen MR) is 93.0 cm³/mol. The quantitative estimate of drug-likeness (QED) is 0.838. The van der Waals surface area contributed by atoms with Crippen molar-refractivity contribution in [2.45, 2.75) is 25.6 Å². The zero-order chi connectivity index (χ0) is 17.3. The molecule has 0 bridgehead atoms. The van der Waals surface area contributed by atoms with E-state index in [-0.39, 0.29) is 17.5 Å². The second-order valence-electron chi connectivity index (χ2n) is 6.84. The van der Waals surface area contributed by atoms with Crippen LogP contribution in [0.1, 0.15) is 11.1 Å². The Balaban J connectivity index is 1.59. The first-order valence-corrected chi connectivity index (χ1v) is 10.2. The number of aryl methyl sites for hydroxylation is 1. The third-order valence-electron chi connectivity index (χ3n) is 5.00. The maximum absolute atomic E-state index is 11.7. The maximum Gasteiger partial charge on any atom is 0.154 e. The van der Waals surface area contributed by atoms with Gasteiger partial charge in [-0.2, -0.15) is 0 Å². The van der Waals surface area contributed by atoms with Crippen LogP contribution in [0.2, 0.25) is 0 Å². The summed E-state index contributed by atoms with van der Waals surface area (Å²) in [6.07, 6.45) is -0.751. The minimum absolute atomic E-state index is 0.0832. The molecule has 7 heteroatoms. The number of rotatable bonds is 4.